The van der Waals surface area contributed by atoms with Crippen molar-refractivity contribution in [3.8, 4) is 22.4 Å². The van der Waals surface area contributed by atoms with Gasteiger partial charge in [0.05, 0.1) is 29.0 Å². The highest BCUT2D eigenvalue weighted by molar-refractivity contribution is 6.03. The number of hydrogen-bond acceptors (Lipinski definition) is 4. The van der Waals surface area contributed by atoms with E-state index in [4.69, 9.17) is 9.98 Å². The van der Waals surface area contributed by atoms with Gasteiger partial charge in [0.25, 0.3) is 0 Å². The highest BCUT2D eigenvalue weighted by Gasteiger charge is 2.26. The number of hydrogen-bond donors (Lipinski definition) is 2. The summed E-state index contributed by atoms with van der Waals surface area (Å²) in [7, 11) is 0. The summed E-state index contributed by atoms with van der Waals surface area (Å²) >= 11 is 0. The lowest BCUT2D eigenvalue weighted by atomic mass is 9.95. The van der Waals surface area contributed by atoms with Gasteiger partial charge < -0.3 is 10.6 Å². The van der Waals surface area contributed by atoms with Crippen LogP contribution in [0.3, 0.4) is 0 Å². The Bertz CT molecular complexity index is 2410. The first kappa shape index (κ1) is 28.0. The Kier molecular flexibility index (Phi) is 6.90. The molecule has 2 unspecified atom stereocenters. The van der Waals surface area contributed by atoms with Gasteiger partial charge in [0.2, 0.25) is 0 Å². The van der Waals surface area contributed by atoms with Crippen LogP contribution in [0.1, 0.15) is 16.7 Å². The van der Waals surface area contributed by atoms with Crippen LogP contribution in [0.25, 0.3) is 55.8 Å². The van der Waals surface area contributed by atoms with Crippen LogP contribution in [0.15, 0.2) is 169 Å². The molecule has 9 rings (SSSR count). The van der Waals surface area contributed by atoms with Gasteiger partial charge in [0.1, 0.15) is 5.84 Å². The number of aromatic nitrogens is 1. The summed E-state index contributed by atoms with van der Waals surface area (Å²) in [5, 5.41) is 11.2. The summed E-state index contributed by atoms with van der Waals surface area (Å²) in [5.41, 5.74) is 10.8. The van der Waals surface area contributed by atoms with Gasteiger partial charge in [-0.3, -0.25) is 0 Å². The number of amidine groups is 1. The van der Waals surface area contributed by atoms with E-state index >= 15 is 0 Å². The number of benzene rings is 6. The Morgan fingerprint density at radius 2 is 1.17 bits per heavy atom. The highest BCUT2D eigenvalue weighted by Crippen LogP contribution is 2.33. The molecule has 0 bridgehead atoms. The number of nitrogens with zero attached hydrogens (tertiary/aromatic N) is 2. The van der Waals surface area contributed by atoms with Gasteiger partial charge in [-0.25, -0.2) is 9.98 Å². The van der Waals surface area contributed by atoms with Gasteiger partial charge in [-0.15, -0.1) is 0 Å². The summed E-state index contributed by atoms with van der Waals surface area (Å²) in [5.74, 6) is 0.875. The summed E-state index contributed by atoms with van der Waals surface area (Å²) in [6.45, 7) is 0. The van der Waals surface area contributed by atoms with Crippen molar-refractivity contribution in [2.75, 3.05) is 5.32 Å². The second-order valence-electron chi connectivity index (χ2n) is 12.4. The minimum atomic E-state index is -0.00621. The molecule has 0 saturated heterocycles. The third-order valence-electron chi connectivity index (χ3n) is 9.31. The number of nitrogens with one attached hydrogen (secondary N) is 2. The summed E-state index contributed by atoms with van der Waals surface area (Å²) in [6, 6.07) is 53.3. The molecule has 4 nitrogen and oxygen atoms in total. The SMILES string of the molecule is C1=CC(C2C=C(c3ccccc3)N=C(c3ccccc3)N2)Nc2cc(-c3ccc4ccc(-c5ccc6ccccc6c5)cc4n3)ccc21. The summed E-state index contributed by atoms with van der Waals surface area (Å²) in [4.78, 5) is 10.2. The van der Waals surface area contributed by atoms with E-state index in [1.54, 1.807) is 0 Å². The van der Waals surface area contributed by atoms with Crippen molar-refractivity contribution in [2.24, 2.45) is 4.99 Å². The first-order valence-electron chi connectivity index (χ1n) is 16.4. The van der Waals surface area contributed by atoms with E-state index in [1.165, 1.54) is 21.9 Å². The molecule has 0 aliphatic carbocycles. The van der Waals surface area contributed by atoms with E-state index in [1.807, 2.05) is 12.1 Å². The smallest absolute Gasteiger partial charge is 0.134 e. The molecule has 1 aromatic heterocycles. The van der Waals surface area contributed by atoms with E-state index in [0.29, 0.717) is 0 Å². The van der Waals surface area contributed by atoms with E-state index in [0.717, 1.165) is 56.1 Å². The zero-order valence-corrected chi connectivity index (χ0v) is 26.2. The zero-order chi connectivity index (χ0) is 31.9. The fraction of sp³-hybridized carbons (Fsp3) is 0.0455. The average molecular weight is 617 g/mol. The monoisotopic (exact) mass is 616 g/mol. The quantitative estimate of drug-likeness (QED) is 0.202. The number of pyridine rings is 1. The van der Waals surface area contributed by atoms with Crippen molar-refractivity contribution >= 4 is 45.0 Å². The van der Waals surface area contributed by atoms with E-state index < -0.39 is 0 Å². The van der Waals surface area contributed by atoms with Gasteiger partial charge in [0, 0.05) is 22.2 Å². The Morgan fingerprint density at radius 1 is 0.479 bits per heavy atom. The Labute approximate surface area is 279 Å². The standard InChI is InChI=1S/C44H32N4/c1-3-10-30(11-4-1)42-28-43(48-44(47-42)33-12-5-2-6-13-33)39-24-22-32-17-20-37(27-41(32)46-39)38-23-21-31-16-19-36(26-40(31)45-38)35-18-15-29-9-7-8-14-34(29)25-35/h1-28,39,43,46H,(H,47,48). The number of aliphatic imine (C=N–C) groups is 1. The molecule has 0 radical (unpaired) electrons. The normalized spacial score (nSPS) is 16.8. The molecular weight excluding hydrogens is 585 g/mol. The van der Waals surface area contributed by atoms with E-state index in [-0.39, 0.29) is 12.1 Å². The number of fused-ring (bicyclic) bond motifs is 3. The van der Waals surface area contributed by atoms with Crippen LogP contribution in [-0.4, -0.2) is 22.9 Å². The van der Waals surface area contributed by atoms with Crippen LogP contribution < -0.4 is 10.6 Å². The van der Waals surface area contributed by atoms with Gasteiger partial charge in [-0.1, -0.05) is 140 Å². The van der Waals surface area contributed by atoms with E-state index in [2.05, 4.69) is 168 Å². The Morgan fingerprint density at radius 3 is 2.00 bits per heavy atom. The van der Waals surface area contributed by atoms with Crippen molar-refractivity contribution in [3.63, 3.8) is 0 Å². The first-order chi connectivity index (χ1) is 23.7. The van der Waals surface area contributed by atoms with Gasteiger partial charge in [-0.05, 0) is 63.4 Å². The van der Waals surface area contributed by atoms with Crippen molar-refractivity contribution in [3.05, 3.63) is 181 Å². The topological polar surface area (TPSA) is 49.3 Å². The fourth-order valence-electron chi connectivity index (χ4n) is 6.72. The molecule has 2 aliphatic heterocycles. The van der Waals surface area contributed by atoms with Crippen LogP contribution in [-0.2, 0) is 0 Å². The summed E-state index contributed by atoms with van der Waals surface area (Å²) in [6.07, 6.45) is 6.70. The molecule has 0 spiro atoms. The van der Waals surface area contributed by atoms with Crippen molar-refractivity contribution < 1.29 is 0 Å². The van der Waals surface area contributed by atoms with Crippen LogP contribution in [0.2, 0.25) is 0 Å². The second-order valence-corrected chi connectivity index (χ2v) is 12.4. The lowest BCUT2D eigenvalue weighted by Crippen LogP contribution is -2.47. The van der Waals surface area contributed by atoms with Crippen molar-refractivity contribution in [2.45, 2.75) is 12.1 Å². The zero-order valence-electron chi connectivity index (χ0n) is 26.2. The Hall–Kier alpha value is -6.26. The third kappa shape index (κ3) is 5.33. The molecule has 3 heterocycles. The summed E-state index contributed by atoms with van der Waals surface area (Å²) < 4.78 is 0. The van der Waals surface area contributed by atoms with Gasteiger partial charge in [0.15, 0.2) is 0 Å². The fourth-order valence-corrected chi connectivity index (χ4v) is 6.72. The predicted molar refractivity (Wildman–Crippen MR) is 201 cm³/mol. The Balaban J connectivity index is 1.02. The lowest BCUT2D eigenvalue weighted by molar-refractivity contribution is 0.669. The van der Waals surface area contributed by atoms with Crippen molar-refractivity contribution in [1.29, 1.82) is 0 Å². The minimum Gasteiger partial charge on any atom is -0.376 e. The molecular formula is C44H32N4. The molecule has 228 valence electrons. The van der Waals surface area contributed by atoms with Crippen LogP contribution in [0, 0.1) is 0 Å². The molecule has 48 heavy (non-hydrogen) atoms. The van der Waals surface area contributed by atoms with E-state index in [9.17, 15) is 0 Å². The molecule has 0 saturated carbocycles. The van der Waals surface area contributed by atoms with Crippen LogP contribution in [0.4, 0.5) is 5.69 Å². The average Bonchev–Trinajstić information content (AvgIpc) is 3.17. The molecule has 0 fully saturated rings. The molecule has 2 aliphatic rings. The first-order valence-corrected chi connectivity index (χ1v) is 16.4. The molecule has 2 atom stereocenters. The maximum absolute atomic E-state index is 5.16. The van der Waals surface area contributed by atoms with Gasteiger partial charge in [-0.2, -0.15) is 0 Å². The second kappa shape index (κ2) is 11.8. The third-order valence-corrected chi connectivity index (χ3v) is 9.31. The predicted octanol–water partition coefficient (Wildman–Crippen LogP) is 9.99. The van der Waals surface area contributed by atoms with Crippen molar-refractivity contribution in [1.82, 2.24) is 10.3 Å². The molecule has 7 aromatic rings. The molecule has 4 heteroatoms. The van der Waals surface area contributed by atoms with Crippen LogP contribution in [0.5, 0.6) is 0 Å². The van der Waals surface area contributed by atoms with Crippen LogP contribution >= 0.6 is 0 Å². The number of rotatable bonds is 5. The molecule has 2 N–H and O–H groups in total. The maximum atomic E-state index is 5.16. The number of anilines is 1. The lowest BCUT2D eigenvalue weighted by Gasteiger charge is -2.32. The largest absolute Gasteiger partial charge is 0.376 e. The molecule has 0 amide bonds. The maximum Gasteiger partial charge on any atom is 0.134 e. The van der Waals surface area contributed by atoms with Gasteiger partial charge >= 0.3 is 0 Å². The highest BCUT2D eigenvalue weighted by atomic mass is 15.1. The molecule has 6 aromatic carbocycles. The minimum absolute atomic E-state index is 0.00621.